The first kappa shape index (κ1) is 11.5. The zero-order valence-electron chi connectivity index (χ0n) is 9.00. The van der Waals surface area contributed by atoms with E-state index in [1.807, 2.05) is 0 Å². The normalized spacial score (nSPS) is 10.2. The zero-order valence-corrected chi connectivity index (χ0v) is 9.76. The van der Waals surface area contributed by atoms with Crippen LogP contribution in [-0.4, -0.2) is 33.4 Å². The Morgan fingerprint density at radius 2 is 2.35 bits per heavy atom. The molecule has 2 aromatic rings. The predicted molar refractivity (Wildman–Crippen MR) is 60.3 cm³/mol. The van der Waals surface area contributed by atoms with E-state index in [1.54, 1.807) is 18.3 Å². The van der Waals surface area contributed by atoms with Gasteiger partial charge in [0.1, 0.15) is 10.8 Å². The summed E-state index contributed by atoms with van der Waals surface area (Å²) in [5.41, 5.74) is 1.09. The van der Waals surface area contributed by atoms with E-state index in [2.05, 4.69) is 15.3 Å². The first-order chi connectivity index (χ1) is 8.22. The van der Waals surface area contributed by atoms with Crippen LogP contribution in [0.25, 0.3) is 0 Å². The molecule has 88 valence electrons. The molecule has 0 unspecified atom stereocenters. The number of hydrogen-bond acceptors (Lipinski definition) is 5. The van der Waals surface area contributed by atoms with Gasteiger partial charge in [-0.3, -0.25) is 4.79 Å². The molecule has 0 aliphatic carbocycles. The van der Waals surface area contributed by atoms with Crippen LogP contribution in [0.2, 0.25) is 5.15 Å². The highest BCUT2D eigenvalue weighted by Crippen LogP contribution is 2.19. The Bertz CT molecular complexity index is 541. The van der Waals surface area contributed by atoms with Gasteiger partial charge in [0, 0.05) is 5.56 Å². The van der Waals surface area contributed by atoms with Gasteiger partial charge < -0.3 is 4.74 Å². The highest BCUT2D eigenvalue weighted by atomic mass is 35.5. The molecule has 17 heavy (non-hydrogen) atoms. The summed E-state index contributed by atoms with van der Waals surface area (Å²) in [7, 11) is 1.51. The van der Waals surface area contributed by atoms with Gasteiger partial charge in [0.25, 0.3) is 0 Å². The van der Waals surface area contributed by atoms with Gasteiger partial charge in [-0.15, -0.1) is 5.10 Å². The summed E-state index contributed by atoms with van der Waals surface area (Å²) < 4.78 is 6.63. The van der Waals surface area contributed by atoms with Crippen molar-refractivity contribution < 1.29 is 9.53 Å². The molecule has 0 N–H and O–H groups in total. The first-order valence-corrected chi connectivity index (χ1v) is 5.15. The average Bonchev–Trinajstić information content (AvgIpc) is 2.79. The number of rotatable bonds is 4. The van der Waals surface area contributed by atoms with E-state index < -0.39 is 0 Å². The standard InChI is InChI=1S/C10H9ClN4O2/c1-17-10-7(2-3-9(11)12-10)4-15-5-8(6-16)13-14-15/h2-3,5-6H,4H2,1H3. The lowest BCUT2D eigenvalue weighted by molar-refractivity contribution is 0.111. The summed E-state index contributed by atoms with van der Waals surface area (Å²) in [6, 6.07) is 3.45. The van der Waals surface area contributed by atoms with Gasteiger partial charge >= 0.3 is 0 Å². The molecule has 0 saturated heterocycles. The van der Waals surface area contributed by atoms with Gasteiger partial charge in [-0.1, -0.05) is 16.8 Å². The number of hydrogen-bond donors (Lipinski definition) is 0. The molecular formula is C10H9ClN4O2. The minimum atomic E-state index is 0.283. The van der Waals surface area contributed by atoms with E-state index in [0.29, 0.717) is 23.9 Å². The van der Waals surface area contributed by atoms with Crippen molar-refractivity contribution in [2.24, 2.45) is 0 Å². The molecule has 0 bridgehead atoms. The number of nitrogens with zero attached hydrogens (tertiary/aromatic N) is 4. The highest BCUT2D eigenvalue weighted by molar-refractivity contribution is 6.29. The van der Waals surface area contributed by atoms with Crippen molar-refractivity contribution in [2.75, 3.05) is 7.11 Å². The molecular weight excluding hydrogens is 244 g/mol. The third-order valence-electron chi connectivity index (χ3n) is 2.11. The molecule has 7 heteroatoms. The summed E-state index contributed by atoms with van der Waals surface area (Å²) >= 11 is 5.75. The summed E-state index contributed by atoms with van der Waals surface area (Å²) in [4.78, 5) is 14.5. The molecule has 2 heterocycles. The number of carbonyl (C=O) groups is 1. The second kappa shape index (κ2) is 4.92. The molecule has 0 aliphatic rings. The Kier molecular flexibility index (Phi) is 3.34. The number of carbonyl (C=O) groups excluding carboxylic acids is 1. The monoisotopic (exact) mass is 252 g/mol. The van der Waals surface area contributed by atoms with Crippen molar-refractivity contribution >= 4 is 17.9 Å². The lowest BCUT2D eigenvalue weighted by Gasteiger charge is -2.06. The minimum Gasteiger partial charge on any atom is -0.481 e. The van der Waals surface area contributed by atoms with E-state index in [-0.39, 0.29) is 5.69 Å². The van der Waals surface area contributed by atoms with Crippen LogP contribution in [-0.2, 0) is 6.54 Å². The molecule has 2 rings (SSSR count). The highest BCUT2D eigenvalue weighted by Gasteiger charge is 2.07. The molecule has 0 amide bonds. The second-order valence-corrected chi connectivity index (χ2v) is 3.65. The average molecular weight is 253 g/mol. The molecule has 0 aromatic carbocycles. The second-order valence-electron chi connectivity index (χ2n) is 3.26. The van der Waals surface area contributed by atoms with Crippen molar-refractivity contribution in [1.82, 2.24) is 20.0 Å². The van der Waals surface area contributed by atoms with Gasteiger partial charge in [0.2, 0.25) is 5.88 Å². The molecule has 0 saturated carbocycles. The van der Waals surface area contributed by atoms with Crippen LogP contribution >= 0.6 is 11.6 Å². The Morgan fingerprint density at radius 1 is 1.53 bits per heavy atom. The maximum atomic E-state index is 10.5. The number of aromatic nitrogens is 4. The van der Waals surface area contributed by atoms with Gasteiger partial charge in [-0.25, -0.2) is 9.67 Å². The summed E-state index contributed by atoms with van der Waals surface area (Å²) in [6.45, 7) is 0.411. The fourth-order valence-corrected chi connectivity index (χ4v) is 1.50. The van der Waals surface area contributed by atoms with Crippen molar-refractivity contribution in [1.29, 1.82) is 0 Å². The largest absolute Gasteiger partial charge is 0.481 e. The van der Waals surface area contributed by atoms with Crippen molar-refractivity contribution in [2.45, 2.75) is 6.54 Å². The first-order valence-electron chi connectivity index (χ1n) is 4.77. The van der Waals surface area contributed by atoms with Crippen LogP contribution in [0, 0.1) is 0 Å². The summed E-state index contributed by atoms with van der Waals surface area (Å²) in [5.74, 6) is 0.431. The maximum absolute atomic E-state index is 10.5. The predicted octanol–water partition coefficient (Wildman–Crippen LogP) is 1.20. The zero-order chi connectivity index (χ0) is 12.3. The van der Waals surface area contributed by atoms with E-state index in [9.17, 15) is 4.79 Å². The molecule has 2 aromatic heterocycles. The molecule has 0 atom stereocenters. The minimum absolute atomic E-state index is 0.283. The molecule has 6 nitrogen and oxygen atoms in total. The third-order valence-corrected chi connectivity index (χ3v) is 2.32. The van der Waals surface area contributed by atoms with E-state index in [4.69, 9.17) is 16.3 Å². The molecule has 0 radical (unpaired) electrons. The molecule has 0 aliphatic heterocycles. The summed E-state index contributed by atoms with van der Waals surface area (Å²) in [6.07, 6.45) is 2.18. The Balaban J connectivity index is 2.25. The number of pyridine rings is 1. The number of aldehydes is 1. The fourth-order valence-electron chi connectivity index (χ4n) is 1.36. The van der Waals surface area contributed by atoms with E-state index in [0.717, 1.165) is 5.56 Å². The Morgan fingerprint density at radius 3 is 3.00 bits per heavy atom. The Hall–Kier alpha value is -1.95. The maximum Gasteiger partial charge on any atom is 0.219 e. The Labute approximate surface area is 102 Å². The van der Waals surface area contributed by atoms with Crippen LogP contribution in [0.3, 0.4) is 0 Å². The van der Waals surface area contributed by atoms with Gasteiger partial charge in [0.15, 0.2) is 6.29 Å². The third kappa shape index (κ3) is 2.59. The SMILES string of the molecule is COc1nc(Cl)ccc1Cn1cc(C=O)nn1. The smallest absolute Gasteiger partial charge is 0.219 e. The molecule has 0 fully saturated rings. The van der Waals surface area contributed by atoms with E-state index >= 15 is 0 Å². The summed E-state index contributed by atoms with van der Waals surface area (Å²) in [5, 5.41) is 7.82. The lowest BCUT2D eigenvalue weighted by atomic mass is 10.2. The van der Waals surface area contributed by atoms with Crippen molar-refractivity contribution in [3.63, 3.8) is 0 Å². The number of ether oxygens (including phenoxy) is 1. The van der Waals surface area contributed by atoms with Crippen molar-refractivity contribution in [3.8, 4) is 5.88 Å². The van der Waals surface area contributed by atoms with Crippen LogP contribution in [0.4, 0.5) is 0 Å². The van der Waals surface area contributed by atoms with E-state index in [1.165, 1.54) is 11.8 Å². The van der Waals surface area contributed by atoms with Crippen LogP contribution in [0.1, 0.15) is 16.1 Å². The van der Waals surface area contributed by atoms with Crippen LogP contribution < -0.4 is 4.74 Å². The van der Waals surface area contributed by atoms with Gasteiger partial charge in [-0.2, -0.15) is 0 Å². The van der Waals surface area contributed by atoms with Gasteiger partial charge in [-0.05, 0) is 12.1 Å². The number of methoxy groups -OCH3 is 1. The van der Waals surface area contributed by atoms with Crippen molar-refractivity contribution in [3.05, 3.63) is 34.7 Å². The van der Waals surface area contributed by atoms with Crippen LogP contribution in [0.15, 0.2) is 18.3 Å². The van der Waals surface area contributed by atoms with Crippen LogP contribution in [0.5, 0.6) is 5.88 Å². The quantitative estimate of drug-likeness (QED) is 0.604. The fraction of sp³-hybridized carbons (Fsp3) is 0.200. The topological polar surface area (TPSA) is 69.9 Å². The molecule has 0 spiro atoms. The number of halogens is 1. The lowest BCUT2D eigenvalue weighted by Crippen LogP contribution is -2.03. The van der Waals surface area contributed by atoms with Gasteiger partial charge in [0.05, 0.1) is 19.9 Å².